The van der Waals surface area contributed by atoms with E-state index in [4.69, 9.17) is 0 Å². The molecule has 2 heterocycles. The zero-order valence-corrected chi connectivity index (χ0v) is 11.0. The summed E-state index contributed by atoms with van der Waals surface area (Å²) >= 11 is 0. The Morgan fingerprint density at radius 2 is 1.89 bits per heavy atom. The summed E-state index contributed by atoms with van der Waals surface area (Å²) in [5.74, 6) is -0.234. The van der Waals surface area contributed by atoms with E-state index in [0.29, 0.717) is 0 Å². The zero-order chi connectivity index (χ0) is 13.5. The summed E-state index contributed by atoms with van der Waals surface area (Å²) in [6, 6.07) is 9.24. The van der Waals surface area contributed by atoms with Crippen LogP contribution in [-0.4, -0.2) is 40.9 Å². The second kappa shape index (κ2) is 4.47. The topological polar surface area (TPSA) is 72.2 Å². The van der Waals surface area contributed by atoms with Crippen molar-refractivity contribution in [1.29, 1.82) is 0 Å². The van der Waals surface area contributed by atoms with Crippen molar-refractivity contribution in [3.05, 3.63) is 42.7 Å². The van der Waals surface area contributed by atoms with Gasteiger partial charge in [-0.05, 0) is 5.56 Å². The fourth-order valence-corrected chi connectivity index (χ4v) is 4.14. The Hall–Kier alpha value is -1.66. The van der Waals surface area contributed by atoms with Gasteiger partial charge in [-0.3, -0.25) is 4.68 Å². The van der Waals surface area contributed by atoms with E-state index in [1.807, 2.05) is 30.3 Å². The van der Waals surface area contributed by atoms with Crippen LogP contribution in [0.3, 0.4) is 0 Å². The summed E-state index contributed by atoms with van der Waals surface area (Å²) in [5.41, 5.74) is 1.93. The van der Waals surface area contributed by atoms with Crippen LogP contribution in [-0.2, 0) is 9.84 Å². The monoisotopic (exact) mass is 278 g/mol. The lowest BCUT2D eigenvalue weighted by Gasteiger charge is -2.12. The molecule has 1 aliphatic heterocycles. The highest BCUT2D eigenvalue weighted by molar-refractivity contribution is 7.91. The van der Waals surface area contributed by atoms with E-state index in [1.54, 1.807) is 17.1 Å². The molecule has 3 rings (SSSR count). The lowest BCUT2D eigenvalue weighted by Crippen LogP contribution is -2.22. The molecule has 1 N–H and O–H groups in total. The van der Waals surface area contributed by atoms with E-state index in [-0.39, 0.29) is 11.5 Å². The van der Waals surface area contributed by atoms with Gasteiger partial charge < -0.3 is 5.11 Å². The first-order valence-electron chi connectivity index (χ1n) is 6.03. The first kappa shape index (κ1) is 12.4. The lowest BCUT2D eigenvalue weighted by atomic mass is 10.1. The van der Waals surface area contributed by atoms with E-state index in [9.17, 15) is 13.5 Å². The van der Waals surface area contributed by atoms with Crippen LogP contribution < -0.4 is 0 Å². The molecule has 0 bridgehead atoms. The maximum atomic E-state index is 11.5. The number of nitrogens with zero attached hydrogens (tertiary/aromatic N) is 2. The molecule has 2 aromatic rings. The van der Waals surface area contributed by atoms with Crippen LogP contribution in [0.25, 0.3) is 11.1 Å². The van der Waals surface area contributed by atoms with E-state index in [2.05, 4.69) is 5.10 Å². The molecule has 1 aliphatic rings. The number of hydrogen-bond donors (Lipinski definition) is 1. The third-order valence-corrected chi connectivity index (χ3v) is 5.04. The molecule has 2 atom stereocenters. The molecule has 1 aromatic heterocycles. The van der Waals surface area contributed by atoms with Crippen molar-refractivity contribution in [1.82, 2.24) is 9.78 Å². The highest BCUT2D eigenvalue weighted by Crippen LogP contribution is 2.26. The van der Waals surface area contributed by atoms with Crippen molar-refractivity contribution in [2.75, 3.05) is 11.5 Å². The van der Waals surface area contributed by atoms with Crippen LogP contribution in [0.15, 0.2) is 42.7 Å². The van der Waals surface area contributed by atoms with Gasteiger partial charge in [-0.15, -0.1) is 0 Å². The first-order valence-corrected chi connectivity index (χ1v) is 7.85. The number of aliphatic hydroxyl groups excluding tert-OH is 1. The van der Waals surface area contributed by atoms with Crippen molar-refractivity contribution in [3.63, 3.8) is 0 Å². The standard InChI is InChI=1S/C13H14N2O3S/c16-13-9-19(17,18)8-12(13)15-7-11(6-14-15)10-4-2-1-3-5-10/h1-7,12-13,16H,8-9H2. The first-order chi connectivity index (χ1) is 9.05. The third-order valence-electron chi connectivity index (χ3n) is 3.34. The highest BCUT2D eigenvalue weighted by atomic mass is 32.2. The lowest BCUT2D eigenvalue weighted by molar-refractivity contribution is 0.146. The van der Waals surface area contributed by atoms with Gasteiger partial charge in [0, 0.05) is 11.8 Å². The Morgan fingerprint density at radius 1 is 1.16 bits per heavy atom. The smallest absolute Gasteiger partial charge is 0.155 e. The normalized spacial score (nSPS) is 25.5. The van der Waals surface area contributed by atoms with Gasteiger partial charge in [0.15, 0.2) is 9.84 Å². The average molecular weight is 278 g/mol. The van der Waals surface area contributed by atoms with Gasteiger partial charge in [0.2, 0.25) is 0 Å². The maximum absolute atomic E-state index is 11.5. The van der Waals surface area contributed by atoms with Gasteiger partial charge in [-0.1, -0.05) is 30.3 Å². The Morgan fingerprint density at radius 3 is 2.53 bits per heavy atom. The van der Waals surface area contributed by atoms with E-state index in [0.717, 1.165) is 11.1 Å². The van der Waals surface area contributed by atoms with Crippen molar-refractivity contribution in [3.8, 4) is 11.1 Å². The molecular weight excluding hydrogens is 264 g/mol. The minimum Gasteiger partial charge on any atom is -0.390 e. The SMILES string of the molecule is O=S1(=O)CC(O)C(n2cc(-c3ccccc3)cn2)C1. The van der Waals surface area contributed by atoms with Crippen LogP contribution in [0.4, 0.5) is 0 Å². The van der Waals surface area contributed by atoms with Gasteiger partial charge in [0.25, 0.3) is 0 Å². The van der Waals surface area contributed by atoms with Crippen molar-refractivity contribution in [2.45, 2.75) is 12.1 Å². The molecule has 1 saturated heterocycles. The minimum atomic E-state index is -3.16. The van der Waals surface area contributed by atoms with Gasteiger partial charge in [-0.2, -0.15) is 5.10 Å². The molecule has 5 nitrogen and oxygen atoms in total. The van der Waals surface area contributed by atoms with Gasteiger partial charge in [-0.25, -0.2) is 8.42 Å². The Bertz CT molecular complexity index is 679. The summed E-state index contributed by atoms with van der Waals surface area (Å²) in [5, 5.41) is 14.0. The molecule has 2 unspecified atom stereocenters. The molecule has 0 spiro atoms. The number of rotatable bonds is 2. The van der Waals surface area contributed by atoms with Crippen LogP contribution in [0.1, 0.15) is 6.04 Å². The quantitative estimate of drug-likeness (QED) is 0.885. The minimum absolute atomic E-state index is 0.0515. The number of benzene rings is 1. The molecule has 19 heavy (non-hydrogen) atoms. The molecule has 0 amide bonds. The maximum Gasteiger partial charge on any atom is 0.155 e. The van der Waals surface area contributed by atoms with Gasteiger partial charge >= 0.3 is 0 Å². The number of aliphatic hydroxyl groups is 1. The molecule has 0 radical (unpaired) electrons. The Labute approximate surface area is 111 Å². The second-order valence-corrected chi connectivity index (χ2v) is 6.94. The van der Waals surface area contributed by atoms with Crippen molar-refractivity contribution < 1.29 is 13.5 Å². The Balaban J connectivity index is 1.91. The summed E-state index contributed by atoms with van der Waals surface area (Å²) in [6.45, 7) is 0. The third kappa shape index (κ3) is 2.41. The molecule has 100 valence electrons. The zero-order valence-electron chi connectivity index (χ0n) is 10.2. The largest absolute Gasteiger partial charge is 0.390 e. The molecule has 1 aromatic carbocycles. The molecule has 6 heteroatoms. The second-order valence-electron chi connectivity index (χ2n) is 4.79. The number of sulfone groups is 1. The predicted octanol–water partition coefficient (Wildman–Crippen LogP) is 0.880. The predicted molar refractivity (Wildman–Crippen MR) is 71.4 cm³/mol. The van der Waals surface area contributed by atoms with E-state index < -0.39 is 22.0 Å². The summed E-state index contributed by atoms with van der Waals surface area (Å²) in [6.07, 6.45) is 2.59. The summed E-state index contributed by atoms with van der Waals surface area (Å²) in [4.78, 5) is 0. The van der Waals surface area contributed by atoms with Gasteiger partial charge in [0.1, 0.15) is 0 Å². The van der Waals surface area contributed by atoms with Crippen molar-refractivity contribution in [2.24, 2.45) is 0 Å². The van der Waals surface area contributed by atoms with Crippen LogP contribution in [0, 0.1) is 0 Å². The van der Waals surface area contributed by atoms with E-state index >= 15 is 0 Å². The Kier molecular flexibility index (Phi) is 2.91. The molecular formula is C13H14N2O3S. The fraction of sp³-hybridized carbons (Fsp3) is 0.308. The van der Waals surface area contributed by atoms with Crippen LogP contribution in [0.2, 0.25) is 0 Å². The molecule has 0 saturated carbocycles. The van der Waals surface area contributed by atoms with Gasteiger partial charge in [0.05, 0.1) is 29.8 Å². The summed E-state index contributed by atoms with van der Waals surface area (Å²) in [7, 11) is -3.16. The van der Waals surface area contributed by atoms with Crippen molar-refractivity contribution >= 4 is 9.84 Å². The van der Waals surface area contributed by atoms with Crippen LogP contribution >= 0.6 is 0 Å². The molecule has 1 fully saturated rings. The highest BCUT2D eigenvalue weighted by Gasteiger charge is 2.38. The fourth-order valence-electron chi connectivity index (χ4n) is 2.36. The molecule has 0 aliphatic carbocycles. The number of hydrogen-bond acceptors (Lipinski definition) is 4. The number of aromatic nitrogens is 2. The summed E-state index contributed by atoms with van der Waals surface area (Å²) < 4.78 is 24.6. The average Bonchev–Trinajstić information content (AvgIpc) is 2.95. The van der Waals surface area contributed by atoms with Crippen LogP contribution in [0.5, 0.6) is 0 Å². The van der Waals surface area contributed by atoms with E-state index in [1.165, 1.54) is 0 Å².